The number of hydrogen-bond acceptors (Lipinski definition) is 2. The smallest absolute Gasteiger partial charge is 0.130 e. The molecule has 0 atom stereocenters. The van der Waals surface area contributed by atoms with Crippen molar-refractivity contribution in [2.75, 3.05) is 0 Å². The maximum Gasteiger partial charge on any atom is 0.130 e. The second-order valence-electron chi connectivity index (χ2n) is 4.01. The molecule has 3 nitrogen and oxygen atoms in total. The van der Waals surface area contributed by atoms with Gasteiger partial charge in [0.05, 0.1) is 11.4 Å². The van der Waals surface area contributed by atoms with Crippen molar-refractivity contribution in [1.82, 2.24) is 9.78 Å². The first-order chi connectivity index (χ1) is 7.65. The molecule has 16 heavy (non-hydrogen) atoms. The molecule has 84 valence electrons. The number of aryl methyl sites for hydroxylation is 3. The van der Waals surface area contributed by atoms with Gasteiger partial charge in [-0.3, -0.25) is 4.68 Å². The lowest BCUT2D eigenvalue weighted by molar-refractivity contribution is 0.294. The highest BCUT2D eigenvalue weighted by molar-refractivity contribution is 5.27. The molecular formula is C13H16N2O. The van der Waals surface area contributed by atoms with Gasteiger partial charge in [-0.25, -0.2) is 0 Å². The summed E-state index contributed by atoms with van der Waals surface area (Å²) in [7, 11) is 1.93. The van der Waals surface area contributed by atoms with E-state index in [4.69, 9.17) is 4.74 Å². The molecule has 1 aromatic heterocycles. The minimum atomic E-state index is 0.556. The van der Waals surface area contributed by atoms with Gasteiger partial charge in [0.1, 0.15) is 12.4 Å². The van der Waals surface area contributed by atoms with Gasteiger partial charge in [0.2, 0.25) is 0 Å². The molecule has 0 saturated heterocycles. The zero-order valence-corrected chi connectivity index (χ0v) is 9.90. The predicted octanol–water partition coefficient (Wildman–Crippen LogP) is 2.62. The van der Waals surface area contributed by atoms with Crippen molar-refractivity contribution >= 4 is 0 Å². The highest BCUT2D eigenvalue weighted by Gasteiger charge is 2.02. The highest BCUT2D eigenvalue weighted by atomic mass is 16.5. The molecule has 1 heterocycles. The van der Waals surface area contributed by atoms with E-state index < -0.39 is 0 Å². The number of aromatic nitrogens is 2. The molecule has 2 aromatic rings. The summed E-state index contributed by atoms with van der Waals surface area (Å²) in [6.45, 7) is 4.60. The Balaban J connectivity index is 2.05. The first-order valence-corrected chi connectivity index (χ1v) is 5.34. The second-order valence-corrected chi connectivity index (χ2v) is 4.01. The van der Waals surface area contributed by atoms with Crippen LogP contribution in [0.5, 0.6) is 5.75 Å². The topological polar surface area (TPSA) is 27.1 Å². The van der Waals surface area contributed by atoms with Crippen LogP contribution in [-0.4, -0.2) is 9.78 Å². The third-order valence-electron chi connectivity index (χ3n) is 2.48. The van der Waals surface area contributed by atoms with Crippen LogP contribution in [0.3, 0.4) is 0 Å². The molecule has 0 radical (unpaired) electrons. The molecule has 0 amide bonds. The number of ether oxygens (including phenoxy) is 1. The van der Waals surface area contributed by atoms with E-state index in [0.717, 1.165) is 17.1 Å². The van der Waals surface area contributed by atoms with Crippen molar-refractivity contribution < 1.29 is 4.74 Å². The Morgan fingerprint density at radius 1 is 1.25 bits per heavy atom. The molecule has 0 unspecified atom stereocenters. The Bertz CT molecular complexity index is 488. The van der Waals surface area contributed by atoms with Gasteiger partial charge >= 0.3 is 0 Å². The van der Waals surface area contributed by atoms with Crippen molar-refractivity contribution in [1.29, 1.82) is 0 Å². The van der Waals surface area contributed by atoms with Crippen molar-refractivity contribution in [2.24, 2.45) is 7.05 Å². The molecule has 0 aliphatic rings. The molecule has 0 N–H and O–H groups in total. The monoisotopic (exact) mass is 216 g/mol. The average molecular weight is 216 g/mol. The summed E-state index contributed by atoms with van der Waals surface area (Å²) in [5.41, 5.74) is 3.31. The third kappa shape index (κ3) is 2.42. The van der Waals surface area contributed by atoms with Gasteiger partial charge in [0.15, 0.2) is 0 Å². The van der Waals surface area contributed by atoms with Crippen LogP contribution in [0.4, 0.5) is 0 Å². The molecule has 0 bridgehead atoms. The molecule has 3 heteroatoms. The normalized spacial score (nSPS) is 10.4. The first-order valence-electron chi connectivity index (χ1n) is 5.34. The van der Waals surface area contributed by atoms with E-state index in [1.54, 1.807) is 0 Å². The second kappa shape index (κ2) is 4.39. The summed E-state index contributed by atoms with van der Waals surface area (Å²) < 4.78 is 7.56. The molecule has 0 aliphatic carbocycles. The molecule has 2 rings (SSSR count). The summed E-state index contributed by atoms with van der Waals surface area (Å²) in [5, 5.41) is 4.28. The molecule has 0 spiro atoms. The largest absolute Gasteiger partial charge is 0.487 e. The zero-order valence-electron chi connectivity index (χ0n) is 9.90. The molecule has 0 fully saturated rings. The average Bonchev–Trinajstić information content (AvgIpc) is 2.54. The number of nitrogens with zero attached hydrogens (tertiary/aromatic N) is 2. The Morgan fingerprint density at radius 2 is 2.06 bits per heavy atom. The van der Waals surface area contributed by atoms with Crippen LogP contribution < -0.4 is 4.74 Å². The van der Waals surface area contributed by atoms with E-state index in [-0.39, 0.29) is 0 Å². The number of rotatable bonds is 3. The maximum atomic E-state index is 5.71. The highest BCUT2D eigenvalue weighted by Crippen LogP contribution is 2.14. The van der Waals surface area contributed by atoms with Gasteiger partial charge in [-0.15, -0.1) is 0 Å². The summed E-state index contributed by atoms with van der Waals surface area (Å²) in [6.07, 6.45) is 0. The van der Waals surface area contributed by atoms with Crippen molar-refractivity contribution in [3.05, 3.63) is 47.3 Å². The lowest BCUT2D eigenvalue weighted by Crippen LogP contribution is -2.02. The van der Waals surface area contributed by atoms with Gasteiger partial charge in [-0.1, -0.05) is 12.1 Å². The first kappa shape index (κ1) is 10.7. The van der Waals surface area contributed by atoms with Crippen LogP contribution in [0.1, 0.15) is 17.0 Å². The maximum absolute atomic E-state index is 5.71. The number of hydrogen-bond donors (Lipinski definition) is 0. The van der Waals surface area contributed by atoms with Crippen molar-refractivity contribution in [3.8, 4) is 5.75 Å². The van der Waals surface area contributed by atoms with Gasteiger partial charge in [0, 0.05) is 7.05 Å². The standard InChI is InChI=1S/C13H16N2O/c1-10-5-4-6-13(7-10)16-9-12-8-11(2)14-15(12)3/h4-8H,9H2,1-3H3. The van der Waals surface area contributed by atoms with E-state index in [2.05, 4.69) is 18.1 Å². The van der Waals surface area contributed by atoms with Crippen LogP contribution in [0.2, 0.25) is 0 Å². The minimum absolute atomic E-state index is 0.556. The summed E-state index contributed by atoms with van der Waals surface area (Å²) in [6, 6.07) is 10.1. The van der Waals surface area contributed by atoms with E-state index in [1.807, 2.05) is 42.9 Å². The Hall–Kier alpha value is -1.77. The summed E-state index contributed by atoms with van der Waals surface area (Å²) in [4.78, 5) is 0. The minimum Gasteiger partial charge on any atom is -0.487 e. The van der Waals surface area contributed by atoms with E-state index >= 15 is 0 Å². The van der Waals surface area contributed by atoms with Crippen LogP contribution in [-0.2, 0) is 13.7 Å². The fourth-order valence-corrected chi connectivity index (χ4v) is 1.66. The van der Waals surface area contributed by atoms with Crippen LogP contribution in [0, 0.1) is 13.8 Å². The quantitative estimate of drug-likeness (QED) is 0.788. The fourth-order valence-electron chi connectivity index (χ4n) is 1.66. The van der Waals surface area contributed by atoms with Gasteiger partial charge in [0.25, 0.3) is 0 Å². The Labute approximate surface area is 95.7 Å². The van der Waals surface area contributed by atoms with Gasteiger partial charge in [-0.05, 0) is 37.6 Å². The van der Waals surface area contributed by atoms with E-state index in [1.165, 1.54) is 5.56 Å². The van der Waals surface area contributed by atoms with Crippen LogP contribution in [0.25, 0.3) is 0 Å². The Morgan fingerprint density at radius 3 is 2.69 bits per heavy atom. The zero-order chi connectivity index (χ0) is 11.5. The molecule has 0 aliphatic heterocycles. The van der Waals surface area contributed by atoms with Crippen LogP contribution >= 0.6 is 0 Å². The third-order valence-corrected chi connectivity index (χ3v) is 2.48. The lowest BCUT2D eigenvalue weighted by atomic mass is 10.2. The molecule has 1 aromatic carbocycles. The van der Waals surface area contributed by atoms with Crippen molar-refractivity contribution in [3.63, 3.8) is 0 Å². The van der Waals surface area contributed by atoms with Crippen molar-refractivity contribution in [2.45, 2.75) is 20.5 Å². The molecular weight excluding hydrogens is 200 g/mol. The Kier molecular flexibility index (Phi) is 2.95. The summed E-state index contributed by atoms with van der Waals surface area (Å²) >= 11 is 0. The van der Waals surface area contributed by atoms with Gasteiger partial charge < -0.3 is 4.74 Å². The SMILES string of the molecule is Cc1cccc(OCc2cc(C)nn2C)c1. The van der Waals surface area contributed by atoms with Gasteiger partial charge in [-0.2, -0.15) is 5.10 Å². The van der Waals surface area contributed by atoms with E-state index in [9.17, 15) is 0 Å². The predicted molar refractivity (Wildman–Crippen MR) is 63.5 cm³/mol. The molecule has 0 saturated carbocycles. The lowest BCUT2D eigenvalue weighted by Gasteiger charge is -2.06. The van der Waals surface area contributed by atoms with E-state index in [0.29, 0.717) is 6.61 Å². The summed E-state index contributed by atoms with van der Waals surface area (Å²) in [5.74, 6) is 0.902. The number of benzene rings is 1. The van der Waals surface area contributed by atoms with Crippen LogP contribution in [0.15, 0.2) is 30.3 Å². The fraction of sp³-hybridized carbons (Fsp3) is 0.308.